The van der Waals surface area contributed by atoms with Crippen molar-refractivity contribution in [3.63, 3.8) is 0 Å². The Labute approximate surface area is 51.7 Å². The molecule has 0 saturated carbocycles. The monoisotopic (exact) mass is 136 g/mol. The summed E-state index contributed by atoms with van der Waals surface area (Å²) in [7, 11) is -3.49. The fourth-order valence-electron chi connectivity index (χ4n) is 0.196. The van der Waals surface area contributed by atoms with E-state index in [1.54, 1.807) is 0 Å². The lowest BCUT2D eigenvalue weighted by Crippen LogP contribution is -2.38. The van der Waals surface area contributed by atoms with Crippen LogP contribution in [0.1, 0.15) is 0 Å². The van der Waals surface area contributed by atoms with Crippen LogP contribution < -0.4 is 11.8 Å². The molecule has 6 N–H and O–H groups in total. The molecule has 0 bridgehead atoms. The Balaban J connectivity index is 3.31. The fourth-order valence-corrected chi connectivity index (χ4v) is 0.196. The predicted octanol–water partition coefficient (Wildman–Crippen LogP) is -3.26. The molecule has 7 nitrogen and oxygen atoms in total. The van der Waals surface area contributed by atoms with Crippen LogP contribution in [-0.4, -0.2) is 24.7 Å². The summed E-state index contributed by atoms with van der Waals surface area (Å²) < 4.78 is 11.6. The third-order valence-electron chi connectivity index (χ3n) is 0.455. The van der Waals surface area contributed by atoms with Crippen molar-refractivity contribution < 1.29 is 24.1 Å². The van der Waals surface area contributed by atoms with Crippen LogP contribution in [0.25, 0.3) is 0 Å². The lowest BCUT2D eigenvalue weighted by molar-refractivity contribution is 0.120. The lowest BCUT2D eigenvalue weighted by atomic mass is 10.1. The standard InChI is InChI=1S/B2H6N2O5/c3-8-2(9-4)7-1(5)6/h5-6H,3-4H2. The van der Waals surface area contributed by atoms with Crippen LogP contribution in [0.5, 0.6) is 0 Å². The summed E-state index contributed by atoms with van der Waals surface area (Å²) in [6.07, 6.45) is 0. The predicted molar refractivity (Wildman–Crippen MR) is 27.6 cm³/mol. The molecule has 0 spiro atoms. The second kappa shape index (κ2) is 4.70. The van der Waals surface area contributed by atoms with Gasteiger partial charge in [-0.2, -0.15) is 0 Å². The second-order valence-corrected chi connectivity index (χ2v) is 1.02. The van der Waals surface area contributed by atoms with Crippen LogP contribution in [0.2, 0.25) is 0 Å². The number of rotatable bonds is 4. The first-order valence-corrected chi connectivity index (χ1v) is 1.93. The van der Waals surface area contributed by atoms with E-state index in [4.69, 9.17) is 10.0 Å². The number of hydrogen-bond acceptors (Lipinski definition) is 7. The van der Waals surface area contributed by atoms with Crippen LogP contribution in [0.3, 0.4) is 0 Å². The maximum atomic E-state index is 8.05. The van der Waals surface area contributed by atoms with Gasteiger partial charge >= 0.3 is 14.6 Å². The van der Waals surface area contributed by atoms with Crippen molar-refractivity contribution in [3.05, 3.63) is 0 Å². The Bertz CT molecular complexity index is 64.0. The molecule has 0 aromatic rings. The number of nitrogens with two attached hydrogens (primary N) is 2. The van der Waals surface area contributed by atoms with Crippen molar-refractivity contribution in [3.8, 4) is 0 Å². The van der Waals surface area contributed by atoms with Crippen molar-refractivity contribution >= 4 is 14.6 Å². The van der Waals surface area contributed by atoms with Gasteiger partial charge in [0, 0.05) is 0 Å². The Hall–Kier alpha value is -0.150. The molecule has 0 saturated heterocycles. The molecule has 0 aliphatic heterocycles. The normalized spacial score (nSPS) is 9.33. The zero-order valence-corrected chi connectivity index (χ0v) is 4.43. The summed E-state index contributed by atoms with van der Waals surface area (Å²) in [5, 5.41) is 16.1. The van der Waals surface area contributed by atoms with Crippen molar-refractivity contribution in [2.24, 2.45) is 11.8 Å². The minimum Gasteiger partial charge on any atom is -0.402 e. The van der Waals surface area contributed by atoms with Crippen LogP contribution in [0.4, 0.5) is 0 Å². The van der Waals surface area contributed by atoms with E-state index < -0.39 is 14.6 Å². The lowest BCUT2D eigenvalue weighted by Gasteiger charge is -2.05. The highest BCUT2D eigenvalue weighted by Gasteiger charge is 2.26. The van der Waals surface area contributed by atoms with E-state index in [0.29, 0.717) is 0 Å². The molecule has 0 heterocycles. The summed E-state index contributed by atoms with van der Waals surface area (Å²) in [5.41, 5.74) is 0. The topological polar surface area (TPSA) is 120 Å². The summed E-state index contributed by atoms with van der Waals surface area (Å²) in [4.78, 5) is 0. The molecule has 0 amide bonds. The Kier molecular flexibility index (Phi) is 4.62. The zero-order chi connectivity index (χ0) is 7.28. The Morgan fingerprint density at radius 2 is 1.56 bits per heavy atom. The van der Waals surface area contributed by atoms with Gasteiger partial charge in [0.15, 0.2) is 0 Å². The second-order valence-electron chi connectivity index (χ2n) is 1.02. The molecule has 0 atom stereocenters. The minimum absolute atomic E-state index is 1.47. The molecule has 0 radical (unpaired) electrons. The largest absolute Gasteiger partial charge is 0.662 e. The maximum Gasteiger partial charge on any atom is 0.662 e. The molecule has 9 heteroatoms. The van der Waals surface area contributed by atoms with Gasteiger partial charge in [-0.1, -0.05) is 0 Å². The van der Waals surface area contributed by atoms with E-state index >= 15 is 0 Å². The SMILES string of the molecule is NOB(ON)OB(O)O. The van der Waals surface area contributed by atoms with E-state index in [-0.39, 0.29) is 0 Å². The van der Waals surface area contributed by atoms with E-state index in [1.807, 2.05) is 0 Å². The molecular weight excluding hydrogens is 130 g/mol. The van der Waals surface area contributed by atoms with Gasteiger partial charge in [-0.25, -0.2) is 11.8 Å². The van der Waals surface area contributed by atoms with Gasteiger partial charge in [-0.3, -0.25) is 0 Å². The Morgan fingerprint density at radius 3 is 1.67 bits per heavy atom. The van der Waals surface area contributed by atoms with Gasteiger partial charge in [0.2, 0.25) is 0 Å². The molecule has 0 fully saturated rings. The van der Waals surface area contributed by atoms with E-state index in [1.165, 1.54) is 0 Å². The molecule has 0 aromatic heterocycles. The van der Waals surface area contributed by atoms with E-state index in [2.05, 4.69) is 25.9 Å². The quantitative estimate of drug-likeness (QED) is 0.236. The molecular formula is H6B2N2O5. The van der Waals surface area contributed by atoms with Gasteiger partial charge in [0.05, 0.1) is 0 Å². The molecule has 9 heavy (non-hydrogen) atoms. The van der Waals surface area contributed by atoms with E-state index in [9.17, 15) is 0 Å². The van der Waals surface area contributed by atoms with Crippen molar-refractivity contribution in [2.75, 3.05) is 0 Å². The smallest absolute Gasteiger partial charge is 0.402 e. The summed E-state index contributed by atoms with van der Waals surface area (Å²) in [5.74, 6) is 8.96. The highest BCUT2D eigenvalue weighted by Crippen LogP contribution is 1.83. The average molecular weight is 136 g/mol. The third kappa shape index (κ3) is 4.36. The summed E-state index contributed by atoms with van der Waals surface area (Å²) in [6.45, 7) is 0. The van der Waals surface area contributed by atoms with Crippen LogP contribution in [0.15, 0.2) is 0 Å². The van der Waals surface area contributed by atoms with Gasteiger partial charge in [-0.15, -0.1) is 0 Å². The van der Waals surface area contributed by atoms with Crippen molar-refractivity contribution in [2.45, 2.75) is 0 Å². The van der Waals surface area contributed by atoms with Crippen molar-refractivity contribution in [1.82, 2.24) is 0 Å². The highest BCUT2D eigenvalue weighted by atomic mass is 16.8. The molecule has 0 aliphatic carbocycles. The van der Waals surface area contributed by atoms with Crippen LogP contribution in [-0.2, 0) is 14.1 Å². The van der Waals surface area contributed by atoms with Gasteiger partial charge in [0.1, 0.15) is 0 Å². The molecule has 0 aliphatic rings. The van der Waals surface area contributed by atoms with E-state index in [0.717, 1.165) is 0 Å². The molecule has 52 valence electrons. The maximum absolute atomic E-state index is 8.05. The zero-order valence-electron chi connectivity index (χ0n) is 4.43. The van der Waals surface area contributed by atoms with Crippen LogP contribution >= 0.6 is 0 Å². The average Bonchev–Trinajstić information content (AvgIpc) is 1.82. The molecule has 0 unspecified atom stereocenters. The first kappa shape index (κ1) is 8.85. The van der Waals surface area contributed by atoms with Crippen molar-refractivity contribution in [1.29, 1.82) is 0 Å². The first-order valence-electron chi connectivity index (χ1n) is 1.93. The molecule has 0 aromatic carbocycles. The van der Waals surface area contributed by atoms with Gasteiger partial charge in [-0.05, 0) is 0 Å². The molecule has 0 rings (SSSR count). The van der Waals surface area contributed by atoms with Gasteiger partial charge in [0.25, 0.3) is 0 Å². The number of hydrogen-bond donors (Lipinski definition) is 4. The highest BCUT2D eigenvalue weighted by molar-refractivity contribution is 6.50. The van der Waals surface area contributed by atoms with Gasteiger partial charge < -0.3 is 24.1 Å². The third-order valence-corrected chi connectivity index (χ3v) is 0.455. The minimum atomic E-state index is -2.03. The first-order chi connectivity index (χ1) is 4.20. The fraction of sp³-hybridized carbons (Fsp3) is 0. The van der Waals surface area contributed by atoms with Crippen LogP contribution in [0, 0.1) is 0 Å². The Morgan fingerprint density at radius 1 is 1.11 bits per heavy atom. The summed E-state index contributed by atoms with van der Waals surface area (Å²) >= 11 is 0. The summed E-state index contributed by atoms with van der Waals surface area (Å²) in [6, 6.07) is 0.